The first-order valence-corrected chi connectivity index (χ1v) is 8.54. The van der Waals surface area contributed by atoms with Crippen LogP contribution in [-0.2, 0) is 5.54 Å². The summed E-state index contributed by atoms with van der Waals surface area (Å²) in [5.41, 5.74) is 1.46. The Morgan fingerprint density at radius 1 is 1.00 bits per heavy atom. The van der Waals surface area contributed by atoms with E-state index in [0.717, 1.165) is 6.54 Å². The topological polar surface area (TPSA) is 24.9 Å². The summed E-state index contributed by atoms with van der Waals surface area (Å²) in [5, 5.41) is 3.74. The van der Waals surface area contributed by atoms with Crippen molar-refractivity contribution in [1.29, 1.82) is 0 Å². The molecule has 2 heteroatoms. The second-order valence-electron chi connectivity index (χ2n) is 6.20. The lowest BCUT2D eigenvalue weighted by molar-refractivity contribution is 0.480. The predicted octanol–water partition coefficient (Wildman–Crippen LogP) is 4.80. The molecule has 0 bridgehead atoms. The van der Waals surface area contributed by atoms with E-state index in [1.54, 1.807) is 0 Å². The molecule has 1 aliphatic rings. The summed E-state index contributed by atoms with van der Waals surface area (Å²) in [6, 6.07) is 6.26. The zero-order valence-corrected chi connectivity index (χ0v) is 13.0. The third kappa shape index (κ3) is 4.90. The lowest BCUT2D eigenvalue weighted by Crippen LogP contribution is -2.30. The Bertz CT molecular complexity index is 357. The van der Waals surface area contributed by atoms with Gasteiger partial charge in [0.1, 0.15) is 0 Å². The number of aromatic nitrogens is 1. The Morgan fingerprint density at radius 2 is 1.70 bits per heavy atom. The molecule has 0 aromatic carbocycles. The van der Waals surface area contributed by atoms with Gasteiger partial charge in [0.05, 0.1) is 11.2 Å². The van der Waals surface area contributed by atoms with E-state index >= 15 is 0 Å². The maximum absolute atomic E-state index is 4.51. The zero-order valence-electron chi connectivity index (χ0n) is 13.0. The lowest BCUT2D eigenvalue weighted by Gasteiger charge is -2.16. The van der Waals surface area contributed by atoms with Crippen LogP contribution in [0.3, 0.4) is 0 Å². The minimum atomic E-state index is 0.225. The van der Waals surface area contributed by atoms with Crippen LogP contribution in [0.5, 0.6) is 0 Å². The number of nitrogens with one attached hydrogen (secondary N) is 1. The fourth-order valence-electron chi connectivity index (χ4n) is 2.88. The number of rotatable bonds is 11. The van der Waals surface area contributed by atoms with Crippen molar-refractivity contribution in [1.82, 2.24) is 10.3 Å². The molecular formula is C18H30N2. The molecule has 1 saturated carbocycles. The van der Waals surface area contributed by atoms with E-state index < -0.39 is 0 Å². The summed E-state index contributed by atoms with van der Waals surface area (Å²) < 4.78 is 0. The second-order valence-corrected chi connectivity index (χ2v) is 6.20. The van der Waals surface area contributed by atoms with Gasteiger partial charge in [0.25, 0.3) is 0 Å². The molecule has 0 radical (unpaired) electrons. The van der Waals surface area contributed by atoms with E-state index in [-0.39, 0.29) is 5.54 Å². The highest BCUT2D eigenvalue weighted by Crippen LogP contribution is 2.44. The molecule has 1 aromatic heterocycles. The van der Waals surface area contributed by atoms with Crippen molar-refractivity contribution >= 4 is 0 Å². The quantitative estimate of drug-likeness (QED) is 0.586. The zero-order chi connectivity index (χ0) is 14.1. The van der Waals surface area contributed by atoms with Crippen molar-refractivity contribution in [2.24, 2.45) is 0 Å². The third-order valence-electron chi connectivity index (χ3n) is 4.40. The Balaban J connectivity index is 1.51. The van der Waals surface area contributed by atoms with Crippen molar-refractivity contribution in [3.05, 3.63) is 30.1 Å². The molecule has 112 valence electrons. The van der Waals surface area contributed by atoms with Crippen LogP contribution in [0.15, 0.2) is 24.4 Å². The fourth-order valence-corrected chi connectivity index (χ4v) is 2.88. The van der Waals surface area contributed by atoms with Crippen LogP contribution in [0.1, 0.15) is 76.8 Å². The molecule has 0 spiro atoms. The number of nitrogens with zero attached hydrogens (tertiary/aromatic N) is 1. The molecule has 0 atom stereocenters. The van der Waals surface area contributed by atoms with E-state index in [4.69, 9.17) is 0 Å². The predicted molar refractivity (Wildman–Crippen MR) is 85.8 cm³/mol. The number of hydrogen-bond donors (Lipinski definition) is 1. The van der Waals surface area contributed by atoms with Gasteiger partial charge < -0.3 is 5.32 Å². The van der Waals surface area contributed by atoms with Gasteiger partial charge in [-0.3, -0.25) is 4.98 Å². The van der Waals surface area contributed by atoms with E-state index in [9.17, 15) is 0 Å². The molecule has 1 heterocycles. The van der Waals surface area contributed by atoms with Gasteiger partial charge in [0, 0.05) is 6.20 Å². The number of pyridine rings is 1. The van der Waals surface area contributed by atoms with Gasteiger partial charge in [-0.05, 0) is 37.9 Å². The van der Waals surface area contributed by atoms with E-state index in [1.165, 1.54) is 69.9 Å². The van der Waals surface area contributed by atoms with Crippen LogP contribution >= 0.6 is 0 Å². The maximum Gasteiger partial charge on any atom is 0.0610 e. The van der Waals surface area contributed by atoms with Crippen LogP contribution in [0.25, 0.3) is 0 Å². The maximum atomic E-state index is 4.51. The first kappa shape index (κ1) is 15.5. The summed E-state index contributed by atoms with van der Waals surface area (Å²) in [6.45, 7) is 3.42. The molecule has 20 heavy (non-hydrogen) atoms. The molecule has 0 aliphatic heterocycles. The van der Waals surface area contributed by atoms with Gasteiger partial charge >= 0.3 is 0 Å². The van der Waals surface area contributed by atoms with Crippen molar-refractivity contribution in [2.45, 2.75) is 76.7 Å². The average molecular weight is 274 g/mol. The minimum Gasteiger partial charge on any atom is -0.306 e. The molecule has 1 aromatic rings. The Kier molecular flexibility index (Phi) is 6.52. The summed E-state index contributed by atoms with van der Waals surface area (Å²) in [4.78, 5) is 4.51. The smallest absolute Gasteiger partial charge is 0.0610 e. The van der Waals surface area contributed by atoms with E-state index in [1.807, 2.05) is 12.3 Å². The molecular weight excluding hydrogens is 244 g/mol. The Labute approximate surface area is 124 Å². The van der Waals surface area contributed by atoms with Gasteiger partial charge in [-0.2, -0.15) is 0 Å². The molecule has 2 nitrogen and oxygen atoms in total. The summed E-state index contributed by atoms with van der Waals surface area (Å²) in [5.74, 6) is 0. The van der Waals surface area contributed by atoms with Gasteiger partial charge in [-0.1, -0.05) is 57.9 Å². The second kappa shape index (κ2) is 8.41. The van der Waals surface area contributed by atoms with E-state index in [2.05, 4.69) is 29.4 Å². The van der Waals surface area contributed by atoms with Gasteiger partial charge in [0.2, 0.25) is 0 Å². The third-order valence-corrected chi connectivity index (χ3v) is 4.40. The molecule has 2 rings (SSSR count). The average Bonchev–Trinajstić information content (AvgIpc) is 3.28. The highest BCUT2D eigenvalue weighted by molar-refractivity contribution is 5.22. The first-order chi connectivity index (χ1) is 9.87. The molecule has 0 amide bonds. The number of hydrogen-bond acceptors (Lipinski definition) is 2. The van der Waals surface area contributed by atoms with Crippen LogP contribution in [-0.4, -0.2) is 11.5 Å². The van der Waals surface area contributed by atoms with Crippen molar-refractivity contribution < 1.29 is 0 Å². The summed E-state index contributed by atoms with van der Waals surface area (Å²) >= 11 is 0. The highest BCUT2D eigenvalue weighted by Gasteiger charge is 2.44. The van der Waals surface area contributed by atoms with E-state index in [0.29, 0.717) is 0 Å². The molecule has 1 fully saturated rings. The van der Waals surface area contributed by atoms with Crippen LogP contribution in [0.4, 0.5) is 0 Å². The molecule has 1 aliphatic carbocycles. The molecule has 0 unspecified atom stereocenters. The SMILES string of the molecule is CCCCCCCCCCNC1(c2ccccn2)CC1. The minimum absolute atomic E-state index is 0.225. The number of unbranched alkanes of at least 4 members (excludes halogenated alkanes) is 7. The Hall–Kier alpha value is -0.890. The van der Waals surface area contributed by atoms with Crippen molar-refractivity contribution in [3.8, 4) is 0 Å². The van der Waals surface area contributed by atoms with Gasteiger partial charge in [-0.25, -0.2) is 0 Å². The molecule has 1 N–H and O–H groups in total. The summed E-state index contributed by atoms with van der Waals surface area (Å²) in [6.07, 6.45) is 15.5. The van der Waals surface area contributed by atoms with Crippen molar-refractivity contribution in [2.75, 3.05) is 6.54 Å². The lowest BCUT2D eigenvalue weighted by atomic mass is 10.1. The van der Waals surface area contributed by atoms with Crippen molar-refractivity contribution in [3.63, 3.8) is 0 Å². The largest absolute Gasteiger partial charge is 0.306 e. The fraction of sp³-hybridized carbons (Fsp3) is 0.722. The van der Waals surface area contributed by atoms with Gasteiger partial charge in [0.15, 0.2) is 0 Å². The normalized spacial score (nSPS) is 16.2. The van der Waals surface area contributed by atoms with Crippen LogP contribution in [0.2, 0.25) is 0 Å². The van der Waals surface area contributed by atoms with Gasteiger partial charge in [-0.15, -0.1) is 0 Å². The summed E-state index contributed by atoms with van der Waals surface area (Å²) in [7, 11) is 0. The van der Waals surface area contributed by atoms with Crippen LogP contribution < -0.4 is 5.32 Å². The standard InChI is InChI=1S/C18H30N2/c1-2-3-4-5-6-7-8-10-16-20-18(13-14-18)17-12-9-11-15-19-17/h9,11-12,15,20H,2-8,10,13-14,16H2,1H3. The Morgan fingerprint density at radius 3 is 2.30 bits per heavy atom. The highest BCUT2D eigenvalue weighted by atomic mass is 15.0. The first-order valence-electron chi connectivity index (χ1n) is 8.54. The molecule has 0 saturated heterocycles. The monoisotopic (exact) mass is 274 g/mol. The van der Waals surface area contributed by atoms with Crippen LogP contribution in [0, 0.1) is 0 Å².